The van der Waals surface area contributed by atoms with Crippen LogP contribution in [0.15, 0.2) is 35.2 Å². The monoisotopic (exact) mass is 395 g/mol. The number of benzene rings is 1. The lowest BCUT2D eigenvalue weighted by molar-refractivity contribution is -0.118. The molecule has 0 fully saturated rings. The molecule has 0 aliphatic heterocycles. The number of methoxy groups -OCH3 is 1. The molecular weight excluding hydrogens is 370 g/mol. The Bertz CT molecular complexity index is 863. The third-order valence-electron chi connectivity index (χ3n) is 3.89. The van der Waals surface area contributed by atoms with Gasteiger partial charge in [-0.25, -0.2) is 18.1 Å². The van der Waals surface area contributed by atoms with Crippen LogP contribution in [-0.2, 0) is 14.8 Å². The summed E-state index contributed by atoms with van der Waals surface area (Å²) in [6.45, 7) is 5.38. The molecule has 0 radical (unpaired) electrons. The van der Waals surface area contributed by atoms with E-state index in [1.54, 1.807) is 24.4 Å². The Hall–Kier alpha value is -2.39. The lowest BCUT2D eigenvalue weighted by Crippen LogP contribution is -2.45. The molecule has 2 rings (SSSR count). The second-order valence-electron chi connectivity index (χ2n) is 6.47. The Morgan fingerprint density at radius 1 is 1.33 bits per heavy atom. The van der Waals surface area contributed by atoms with Crippen molar-refractivity contribution in [3.63, 3.8) is 0 Å². The molecule has 1 amide bonds. The number of oxazole rings is 1. The largest absolute Gasteiger partial charge is 0.496 e. The first kappa shape index (κ1) is 20.9. The van der Waals surface area contributed by atoms with Gasteiger partial charge < -0.3 is 14.5 Å². The Balaban J connectivity index is 2.21. The second kappa shape index (κ2) is 9.01. The standard InChI is InChI=1S/C18H25N3O5S/c1-5-27(23,24)21-15(8-12(2)3)18(22)20-13-6-7-14(16(9-13)25-4)17-10-19-11-26-17/h6-7,9-12,15,21H,5,8H2,1-4H3,(H,20,22)/t15-/m1/s1. The molecule has 1 atom stereocenters. The topological polar surface area (TPSA) is 111 Å². The molecule has 2 N–H and O–H groups in total. The van der Waals surface area contributed by atoms with Crippen molar-refractivity contribution in [3.05, 3.63) is 30.8 Å². The highest BCUT2D eigenvalue weighted by Gasteiger charge is 2.25. The molecule has 0 aliphatic carbocycles. The summed E-state index contributed by atoms with van der Waals surface area (Å²) in [5, 5.41) is 2.75. The van der Waals surface area contributed by atoms with Crippen LogP contribution in [0.4, 0.5) is 5.69 Å². The van der Waals surface area contributed by atoms with Crippen molar-refractivity contribution in [1.29, 1.82) is 0 Å². The summed E-state index contributed by atoms with van der Waals surface area (Å²) < 4.78 is 36.9. The SMILES string of the molecule is CCS(=O)(=O)N[C@H](CC(C)C)C(=O)Nc1ccc(-c2cnco2)c(OC)c1. The number of nitrogens with one attached hydrogen (secondary N) is 2. The van der Waals surface area contributed by atoms with E-state index in [2.05, 4.69) is 15.0 Å². The van der Waals surface area contributed by atoms with Gasteiger partial charge in [-0.1, -0.05) is 13.8 Å². The van der Waals surface area contributed by atoms with E-state index in [4.69, 9.17) is 9.15 Å². The molecule has 0 saturated heterocycles. The molecule has 9 heteroatoms. The van der Waals surface area contributed by atoms with Crippen molar-refractivity contribution >= 4 is 21.6 Å². The molecule has 8 nitrogen and oxygen atoms in total. The van der Waals surface area contributed by atoms with Gasteiger partial charge in [0.1, 0.15) is 11.8 Å². The fourth-order valence-corrected chi connectivity index (χ4v) is 3.33. The van der Waals surface area contributed by atoms with Gasteiger partial charge in [0.05, 0.1) is 24.6 Å². The summed E-state index contributed by atoms with van der Waals surface area (Å²) in [7, 11) is -1.99. The van der Waals surface area contributed by atoms with Gasteiger partial charge in [-0.3, -0.25) is 4.79 Å². The summed E-state index contributed by atoms with van der Waals surface area (Å²) in [6.07, 6.45) is 3.27. The number of rotatable bonds is 9. The molecule has 0 aliphatic rings. The molecule has 0 spiro atoms. The Morgan fingerprint density at radius 2 is 2.07 bits per heavy atom. The van der Waals surface area contributed by atoms with Crippen molar-refractivity contribution < 1.29 is 22.4 Å². The maximum absolute atomic E-state index is 12.6. The lowest BCUT2D eigenvalue weighted by Gasteiger charge is -2.20. The Kier molecular flexibility index (Phi) is 6.98. The highest BCUT2D eigenvalue weighted by molar-refractivity contribution is 7.89. The van der Waals surface area contributed by atoms with Crippen LogP contribution in [-0.4, -0.2) is 38.2 Å². The zero-order valence-electron chi connectivity index (χ0n) is 15.9. The second-order valence-corrected chi connectivity index (χ2v) is 8.52. The molecular formula is C18H25N3O5S. The van der Waals surface area contributed by atoms with Crippen molar-refractivity contribution in [2.45, 2.75) is 33.2 Å². The number of sulfonamides is 1. The zero-order valence-corrected chi connectivity index (χ0v) is 16.7. The first-order chi connectivity index (χ1) is 12.8. The summed E-state index contributed by atoms with van der Waals surface area (Å²) in [5.41, 5.74) is 1.18. The van der Waals surface area contributed by atoms with Crippen molar-refractivity contribution in [2.75, 3.05) is 18.2 Å². The van der Waals surface area contributed by atoms with E-state index in [1.165, 1.54) is 20.4 Å². The molecule has 0 saturated carbocycles. The average molecular weight is 395 g/mol. The molecule has 0 bridgehead atoms. The normalized spacial score (nSPS) is 12.8. The van der Waals surface area contributed by atoms with Crippen LogP contribution >= 0.6 is 0 Å². The van der Waals surface area contributed by atoms with Crippen molar-refractivity contribution in [2.24, 2.45) is 5.92 Å². The van der Waals surface area contributed by atoms with Crippen LogP contribution in [0, 0.1) is 5.92 Å². The van der Waals surface area contributed by atoms with E-state index >= 15 is 0 Å². The molecule has 1 heterocycles. The average Bonchev–Trinajstić information content (AvgIpc) is 3.14. The number of ether oxygens (including phenoxy) is 1. The minimum atomic E-state index is -3.51. The number of carbonyl (C=O) groups is 1. The number of amides is 1. The van der Waals surface area contributed by atoms with E-state index in [0.29, 0.717) is 29.2 Å². The molecule has 1 aromatic heterocycles. The molecule has 0 unspecified atom stereocenters. The van der Waals surface area contributed by atoms with Crippen LogP contribution in [0.3, 0.4) is 0 Å². The van der Waals surface area contributed by atoms with Crippen LogP contribution in [0.5, 0.6) is 5.75 Å². The van der Waals surface area contributed by atoms with Gasteiger partial charge in [0.25, 0.3) is 0 Å². The molecule has 1 aromatic carbocycles. The minimum Gasteiger partial charge on any atom is -0.496 e. The highest BCUT2D eigenvalue weighted by Crippen LogP contribution is 2.32. The van der Waals surface area contributed by atoms with Gasteiger partial charge in [0, 0.05) is 11.8 Å². The number of hydrogen-bond acceptors (Lipinski definition) is 6. The smallest absolute Gasteiger partial charge is 0.242 e. The predicted molar refractivity (Wildman–Crippen MR) is 103 cm³/mol. The van der Waals surface area contributed by atoms with E-state index in [9.17, 15) is 13.2 Å². The fraction of sp³-hybridized carbons (Fsp3) is 0.444. The van der Waals surface area contributed by atoms with Crippen LogP contribution in [0.1, 0.15) is 27.2 Å². The molecule has 148 valence electrons. The minimum absolute atomic E-state index is 0.0887. The van der Waals surface area contributed by atoms with Gasteiger partial charge >= 0.3 is 0 Å². The quantitative estimate of drug-likeness (QED) is 0.675. The van der Waals surface area contributed by atoms with Gasteiger partial charge in [0.2, 0.25) is 15.9 Å². The lowest BCUT2D eigenvalue weighted by atomic mass is 10.0. The third-order valence-corrected chi connectivity index (χ3v) is 5.30. The number of carbonyl (C=O) groups excluding carboxylic acids is 1. The Morgan fingerprint density at radius 3 is 2.63 bits per heavy atom. The van der Waals surface area contributed by atoms with Crippen LogP contribution in [0.25, 0.3) is 11.3 Å². The molecule has 27 heavy (non-hydrogen) atoms. The van der Waals surface area contributed by atoms with Crippen molar-refractivity contribution in [1.82, 2.24) is 9.71 Å². The van der Waals surface area contributed by atoms with Crippen LogP contribution in [0.2, 0.25) is 0 Å². The number of nitrogens with zero attached hydrogens (tertiary/aromatic N) is 1. The summed E-state index contributed by atoms with van der Waals surface area (Å²) in [6, 6.07) is 4.23. The zero-order chi connectivity index (χ0) is 20.0. The van der Waals surface area contributed by atoms with Crippen molar-refractivity contribution in [3.8, 4) is 17.1 Å². The fourth-order valence-electron chi connectivity index (χ4n) is 2.53. The van der Waals surface area contributed by atoms with Gasteiger partial charge in [-0.15, -0.1) is 0 Å². The maximum Gasteiger partial charge on any atom is 0.242 e. The van der Waals surface area contributed by atoms with Crippen LogP contribution < -0.4 is 14.8 Å². The Labute approximate surface area is 159 Å². The summed E-state index contributed by atoms with van der Waals surface area (Å²) in [5.74, 6) is 0.672. The van der Waals surface area contributed by atoms with Gasteiger partial charge in [0.15, 0.2) is 12.2 Å². The van der Waals surface area contributed by atoms with E-state index < -0.39 is 22.0 Å². The van der Waals surface area contributed by atoms with Gasteiger partial charge in [-0.2, -0.15) is 0 Å². The first-order valence-corrected chi connectivity index (χ1v) is 10.3. The number of aromatic nitrogens is 1. The van der Waals surface area contributed by atoms with E-state index in [0.717, 1.165) is 0 Å². The van der Waals surface area contributed by atoms with E-state index in [-0.39, 0.29) is 11.7 Å². The maximum atomic E-state index is 12.6. The summed E-state index contributed by atoms with van der Waals surface area (Å²) >= 11 is 0. The number of anilines is 1. The third kappa shape index (κ3) is 5.80. The first-order valence-electron chi connectivity index (χ1n) is 8.63. The number of hydrogen-bond donors (Lipinski definition) is 2. The summed E-state index contributed by atoms with van der Waals surface area (Å²) in [4.78, 5) is 16.5. The highest BCUT2D eigenvalue weighted by atomic mass is 32.2. The predicted octanol–water partition coefficient (Wildman–Crippen LogP) is 2.64. The molecule has 2 aromatic rings. The van der Waals surface area contributed by atoms with Gasteiger partial charge in [-0.05, 0) is 31.4 Å². The van der Waals surface area contributed by atoms with E-state index in [1.807, 2.05) is 13.8 Å².